The Balaban J connectivity index is 1.46. The third-order valence-electron chi connectivity index (χ3n) is 7.19. The van der Waals surface area contributed by atoms with E-state index in [-0.39, 0.29) is 17.5 Å². The van der Waals surface area contributed by atoms with Crippen molar-refractivity contribution in [1.82, 2.24) is 0 Å². The first-order valence-corrected chi connectivity index (χ1v) is 13.1. The van der Waals surface area contributed by atoms with Gasteiger partial charge >= 0.3 is 0 Å². The first-order valence-electron chi connectivity index (χ1n) is 13.1. The van der Waals surface area contributed by atoms with Crippen LogP contribution in [0.3, 0.4) is 0 Å². The van der Waals surface area contributed by atoms with Crippen molar-refractivity contribution in [3.8, 4) is 22.3 Å². The number of halogens is 3. The summed E-state index contributed by atoms with van der Waals surface area (Å²) in [6.07, 6.45) is 10.3. The summed E-state index contributed by atoms with van der Waals surface area (Å²) in [7, 11) is 0. The van der Waals surface area contributed by atoms with E-state index in [1.807, 2.05) is 43.3 Å². The molecule has 3 aromatic carbocycles. The average molecular weight is 493 g/mol. The highest BCUT2D eigenvalue weighted by atomic mass is 19.2. The number of aryl methyl sites for hydroxylation is 1. The Bertz CT molecular complexity index is 1170. The molecular weight excluding hydrogens is 457 g/mol. The molecule has 1 aliphatic heterocycles. The second kappa shape index (κ2) is 12.4. The van der Waals surface area contributed by atoms with Crippen LogP contribution in [0.2, 0.25) is 0 Å². The Kier molecular flexibility index (Phi) is 9.03. The van der Waals surface area contributed by atoms with Crippen molar-refractivity contribution in [1.29, 1.82) is 0 Å². The number of benzene rings is 3. The van der Waals surface area contributed by atoms with E-state index < -0.39 is 11.6 Å². The standard InChI is InChI=1S/C32H35F3O/c1-3-5-7-9-25-15-17-27(32(35)31(25)34)24-13-11-23(12-14-24)26-16-18-28(29(33)20-26)30-19-10-22(21-36-30)8-6-4-2/h3,5,11-18,20,22,30H,4,6-10,19,21H2,1-2H3. The summed E-state index contributed by atoms with van der Waals surface area (Å²) < 4.78 is 50.4. The zero-order valence-corrected chi connectivity index (χ0v) is 21.2. The molecule has 2 unspecified atom stereocenters. The molecule has 4 rings (SSSR count). The molecule has 0 amide bonds. The monoisotopic (exact) mass is 492 g/mol. The molecule has 190 valence electrons. The van der Waals surface area contributed by atoms with Crippen LogP contribution in [-0.2, 0) is 11.2 Å². The smallest absolute Gasteiger partial charge is 0.166 e. The van der Waals surface area contributed by atoms with Gasteiger partial charge in [0.1, 0.15) is 5.82 Å². The van der Waals surface area contributed by atoms with Crippen LogP contribution >= 0.6 is 0 Å². The van der Waals surface area contributed by atoms with E-state index in [1.165, 1.54) is 25.3 Å². The first-order chi connectivity index (χ1) is 17.5. The van der Waals surface area contributed by atoms with Crippen molar-refractivity contribution in [3.05, 3.63) is 95.3 Å². The van der Waals surface area contributed by atoms with Gasteiger partial charge in [-0.3, -0.25) is 0 Å². The van der Waals surface area contributed by atoms with E-state index in [0.29, 0.717) is 42.1 Å². The van der Waals surface area contributed by atoms with Crippen LogP contribution < -0.4 is 0 Å². The van der Waals surface area contributed by atoms with Gasteiger partial charge in [-0.1, -0.05) is 80.4 Å². The van der Waals surface area contributed by atoms with Crippen LogP contribution in [0.25, 0.3) is 22.3 Å². The molecule has 1 nitrogen and oxygen atoms in total. The molecule has 0 N–H and O–H groups in total. The molecule has 0 spiro atoms. The topological polar surface area (TPSA) is 9.23 Å². The molecule has 0 aromatic heterocycles. The van der Waals surface area contributed by atoms with Crippen molar-refractivity contribution >= 4 is 0 Å². The summed E-state index contributed by atoms with van der Waals surface area (Å²) in [6.45, 7) is 4.79. The molecule has 1 heterocycles. The van der Waals surface area contributed by atoms with E-state index in [1.54, 1.807) is 24.3 Å². The van der Waals surface area contributed by atoms with Crippen LogP contribution in [0, 0.1) is 23.4 Å². The highest BCUT2D eigenvalue weighted by Gasteiger charge is 2.25. The quantitative estimate of drug-likeness (QED) is 0.270. The predicted octanol–water partition coefficient (Wildman–Crippen LogP) is 9.60. The number of ether oxygens (including phenoxy) is 1. The number of rotatable bonds is 9. The van der Waals surface area contributed by atoms with Gasteiger partial charge in [-0.05, 0) is 73.3 Å². The van der Waals surface area contributed by atoms with Gasteiger partial charge in [-0.25, -0.2) is 13.2 Å². The van der Waals surface area contributed by atoms with Crippen LogP contribution in [0.4, 0.5) is 13.2 Å². The van der Waals surface area contributed by atoms with Gasteiger partial charge < -0.3 is 4.74 Å². The minimum atomic E-state index is -0.833. The Morgan fingerprint density at radius 2 is 1.64 bits per heavy atom. The number of hydrogen-bond acceptors (Lipinski definition) is 1. The van der Waals surface area contributed by atoms with E-state index in [0.717, 1.165) is 24.0 Å². The molecule has 1 fully saturated rings. The molecule has 4 heteroatoms. The highest BCUT2D eigenvalue weighted by molar-refractivity contribution is 5.71. The maximum atomic E-state index is 15.0. The van der Waals surface area contributed by atoms with Crippen molar-refractivity contribution in [2.24, 2.45) is 5.92 Å². The second-order valence-electron chi connectivity index (χ2n) is 9.73. The van der Waals surface area contributed by atoms with E-state index in [2.05, 4.69) is 6.92 Å². The molecule has 1 saturated heterocycles. The molecule has 3 aromatic rings. The lowest BCUT2D eigenvalue weighted by Gasteiger charge is -2.29. The lowest BCUT2D eigenvalue weighted by Crippen LogP contribution is -2.21. The number of unbranched alkanes of at least 4 members (excludes halogenated alkanes) is 1. The van der Waals surface area contributed by atoms with Gasteiger partial charge in [-0.15, -0.1) is 0 Å². The van der Waals surface area contributed by atoms with E-state index >= 15 is 4.39 Å². The molecule has 0 radical (unpaired) electrons. The molecule has 0 saturated carbocycles. The Labute approximate surface area is 213 Å². The van der Waals surface area contributed by atoms with Gasteiger partial charge in [0.2, 0.25) is 0 Å². The van der Waals surface area contributed by atoms with Gasteiger partial charge in [0.15, 0.2) is 11.6 Å². The average Bonchev–Trinajstić information content (AvgIpc) is 2.90. The molecule has 1 aliphatic rings. The van der Waals surface area contributed by atoms with E-state index in [9.17, 15) is 8.78 Å². The summed E-state index contributed by atoms with van der Waals surface area (Å²) in [5.41, 5.74) is 3.35. The maximum absolute atomic E-state index is 15.0. The van der Waals surface area contributed by atoms with Crippen LogP contribution in [0.1, 0.15) is 69.6 Å². The number of allylic oxidation sites excluding steroid dienone is 2. The van der Waals surface area contributed by atoms with Crippen molar-refractivity contribution < 1.29 is 17.9 Å². The summed E-state index contributed by atoms with van der Waals surface area (Å²) >= 11 is 0. The SMILES string of the molecule is CC=CCCc1ccc(-c2ccc(-c3ccc(C4CCC(CCCC)CO4)c(F)c3)cc2)c(F)c1F. The highest BCUT2D eigenvalue weighted by Crippen LogP contribution is 2.36. The largest absolute Gasteiger partial charge is 0.373 e. The van der Waals surface area contributed by atoms with Gasteiger partial charge in [0, 0.05) is 11.1 Å². The zero-order valence-electron chi connectivity index (χ0n) is 21.2. The summed E-state index contributed by atoms with van der Waals surface area (Å²) in [4.78, 5) is 0. The van der Waals surface area contributed by atoms with E-state index in [4.69, 9.17) is 4.74 Å². The van der Waals surface area contributed by atoms with Crippen LogP contribution in [-0.4, -0.2) is 6.61 Å². The Morgan fingerprint density at radius 1 is 0.889 bits per heavy atom. The second-order valence-corrected chi connectivity index (χ2v) is 9.73. The lowest BCUT2D eigenvalue weighted by molar-refractivity contribution is -0.0214. The van der Waals surface area contributed by atoms with Gasteiger partial charge in [0.05, 0.1) is 12.7 Å². The summed E-state index contributed by atoms with van der Waals surface area (Å²) in [5, 5.41) is 0. The third kappa shape index (κ3) is 6.10. The lowest BCUT2D eigenvalue weighted by atomic mass is 9.90. The minimum Gasteiger partial charge on any atom is -0.373 e. The fourth-order valence-corrected chi connectivity index (χ4v) is 4.99. The fraction of sp³-hybridized carbons (Fsp3) is 0.375. The molecular formula is C32H35F3O. The van der Waals surface area contributed by atoms with Crippen LogP contribution in [0.15, 0.2) is 66.7 Å². The van der Waals surface area contributed by atoms with Crippen molar-refractivity contribution in [2.75, 3.05) is 6.61 Å². The minimum absolute atomic E-state index is 0.196. The van der Waals surface area contributed by atoms with Crippen LogP contribution in [0.5, 0.6) is 0 Å². The molecule has 36 heavy (non-hydrogen) atoms. The summed E-state index contributed by atoms with van der Waals surface area (Å²) in [5.74, 6) is -1.31. The molecule has 2 atom stereocenters. The van der Waals surface area contributed by atoms with Gasteiger partial charge in [-0.2, -0.15) is 0 Å². The zero-order chi connectivity index (χ0) is 25.5. The predicted molar refractivity (Wildman–Crippen MR) is 141 cm³/mol. The normalized spacial score (nSPS) is 18.1. The summed E-state index contributed by atoms with van der Waals surface area (Å²) in [6, 6.07) is 15.7. The Morgan fingerprint density at radius 3 is 2.31 bits per heavy atom. The maximum Gasteiger partial charge on any atom is 0.166 e. The third-order valence-corrected chi connectivity index (χ3v) is 7.19. The molecule has 0 bridgehead atoms. The Hall–Kier alpha value is -2.85. The fourth-order valence-electron chi connectivity index (χ4n) is 4.99. The van der Waals surface area contributed by atoms with Crippen molar-refractivity contribution in [3.63, 3.8) is 0 Å². The number of hydrogen-bond donors (Lipinski definition) is 0. The van der Waals surface area contributed by atoms with Gasteiger partial charge in [0.25, 0.3) is 0 Å². The van der Waals surface area contributed by atoms with Crippen molar-refractivity contribution in [2.45, 2.75) is 64.9 Å². The first kappa shape index (κ1) is 26.2. The molecule has 0 aliphatic carbocycles.